The van der Waals surface area contributed by atoms with Crippen LogP contribution in [0.3, 0.4) is 0 Å². The summed E-state index contributed by atoms with van der Waals surface area (Å²) in [7, 11) is 3.18. The first-order chi connectivity index (χ1) is 21.2. The SMILES string of the molecule is COc1cccc(OC)c1/C(=C/C(=N)C(=O)NC1(C(O)OC(C)(C)C)C2CC3CC(C2)CC1C3)Nc1ccc(I)cc1C(C)C. The molecule has 4 fully saturated rings. The lowest BCUT2D eigenvalue weighted by atomic mass is 9.48. The highest BCUT2D eigenvalue weighted by Gasteiger charge is 2.62. The summed E-state index contributed by atoms with van der Waals surface area (Å²) in [6.07, 6.45) is 5.42. The van der Waals surface area contributed by atoms with E-state index in [1.165, 1.54) is 6.42 Å². The van der Waals surface area contributed by atoms with Gasteiger partial charge < -0.3 is 30.0 Å². The molecule has 0 heterocycles. The van der Waals surface area contributed by atoms with Crippen LogP contribution in [-0.4, -0.2) is 48.4 Å². The van der Waals surface area contributed by atoms with Crippen LogP contribution in [0.5, 0.6) is 11.5 Å². The first-order valence-electron chi connectivity index (χ1n) is 16.0. The Labute approximate surface area is 281 Å². The molecule has 4 N–H and O–H groups in total. The quantitative estimate of drug-likeness (QED) is 0.109. The molecular weight excluding hydrogens is 681 g/mol. The molecule has 8 nitrogen and oxygen atoms in total. The lowest BCUT2D eigenvalue weighted by Gasteiger charge is -2.62. The highest BCUT2D eigenvalue weighted by molar-refractivity contribution is 14.1. The van der Waals surface area contributed by atoms with Crippen LogP contribution in [0, 0.1) is 32.7 Å². The molecule has 1 amide bonds. The minimum Gasteiger partial charge on any atom is -0.496 e. The van der Waals surface area contributed by atoms with Crippen LogP contribution in [0.25, 0.3) is 5.70 Å². The zero-order valence-electron chi connectivity index (χ0n) is 27.5. The van der Waals surface area contributed by atoms with Crippen molar-refractivity contribution < 1.29 is 24.1 Å². The summed E-state index contributed by atoms with van der Waals surface area (Å²) < 4.78 is 18.8. The second-order valence-electron chi connectivity index (χ2n) is 14.3. The lowest BCUT2D eigenvalue weighted by Crippen LogP contribution is -2.72. The number of nitrogens with one attached hydrogen (secondary N) is 3. The summed E-state index contributed by atoms with van der Waals surface area (Å²) >= 11 is 2.31. The monoisotopic (exact) mass is 729 g/mol. The predicted octanol–water partition coefficient (Wildman–Crippen LogP) is 7.35. The number of benzene rings is 2. The van der Waals surface area contributed by atoms with Crippen LogP contribution in [0.15, 0.2) is 42.5 Å². The first kappa shape index (κ1) is 33.7. The molecule has 4 aliphatic rings. The molecule has 0 aliphatic heterocycles. The van der Waals surface area contributed by atoms with E-state index in [1.54, 1.807) is 20.3 Å². The number of carbonyl (C=O) groups is 1. The van der Waals surface area contributed by atoms with Crippen LogP contribution in [0.4, 0.5) is 5.69 Å². The average Bonchev–Trinajstić information content (AvgIpc) is 2.97. The van der Waals surface area contributed by atoms with Crippen molar-refractivity contribution in [2.45, 2.75) is 90.1 Å². The number of aliphatic hydroxyl groups excluding tert-OH is 1. The van der Waals surface area contributed by atoms with Crippen molar-refractivity contribution in [3.63, 3.8) is 0 Å². The summed E-state index contributed by atoms with van der Waals surface area (Å²) in [6.45, 7) is 10.0. The summed E-state index contributed by atoms with van der Waals surface area (Å²) in [5.74, 6) is 2.21. The standard InChI is InChI=1S/C36H48IN3O5/c1-20(2)26-18-25(37)11-12-28(26)39-29(32-30(43-6)9-8-10-31(32)44-7)19-27(38)33(41)40-36(34(42)45-35(3,4)5)23-14-21-13-22(16-23)17-24(36)15-21/h8-12,18-24,34,38-39,42H,13-17H2,1-7H3,(H,40,41)/b29-19-,38-27?. The number of ether oxygens (including phenoxy) is 3. The average molecular weight is 730 g/mol. The number of halogens is 1. The zero-order valence-corrected chi connectivity index (χ0v) is 29.7. The Morgan fingerprint density at radius 3 is 2.11 bits per heavy atom. The Balaban J connectivity index is 1.55. The van der Waals surface area contributed by atoms with Crippen molar-refractivity contribution in [1.29, 1.82) is 5.41 Å². The molecule has 2 aromatic rings. The van der Waals surface area contributed by atoms with Gasteiger partial charge in [0.25, 0.3) is 5.91 Å². The lowest BCUT2D eigenvalue weighted by molar-refractivity contribution is -0.253. The van der Waals surface area contributed by atoms with Crippen LogP contribution < -0.4 is 20.1 Å². The van der Waals surface area contributed by atoms with Gasteiger partial charge in [-0.2, -0.15) is 0 Å². The minimum atomic E-state index is -1.18. The molecule has 0 aromatic heterocycles. The van der Waals surface area contributed by atoms with Crippen molar-refractivity contribution >= 4 is 45.6 Å². The fraction of sp³-hybridized carbons (Fsp3) is 0.556. The third kappa shape index (κ3) is 6.90. The highest BCUT2D eigenvalue weighted by atomic mass is 127. The summed E-state index contributed by atoms with van der Waals surface area (Å²) in [4.78, 5) is 14.1. The van der Waals surface area contributed by atoms with Gasteiger partial charge >= 0.3 is 0 Å². The largest absolute Gasteiger partial charge is 0.496 e. The van der Waals surface area contributed by atoms with Gasteiger partial charge in [-0.05, 0) is 147 Å². The normalized spacial score (nSPS) is 26.5. The molecule has 6 rings (SSSR count). The number of aliphatic hydroxyl groups is 1. The number of methoxy groups -OCH3 is 2. The second kappa shape index (κ2) is 13.2. The van der Waals surface area contributed by atoms with E-state index >= 15 is 0 Å². The van der Waals surface area contributed by atoms with Crippen molar-refractivity contribution in [2.75, 3.05) is 19.5 Å². The molecule has 0 saturated heterocycles. The van der Waals surface area contributed by atoms with Crippen molar-refractivity contribution in [3.8, 4) is 11.5 Å². The van der Waals surface area contributed by atoms with E-state index in [2.05, 4.69) is 53.1 Å². The Bertz CT molecular complexity index is 1410. The van der Waals surface area contributed by atoms with E-state index in [0.29, 0.717) is 34.6 Å². The van der Waals surface area contributed by atoms with E-state index in [-0.39, 0.29) is 23.5 Å². The molecule has 1 atom stereocenters. The van der Waals surface area contributed by atoms with Gasteiger partial charge in [0.05, 0.1) is 36.6 Å². The number of carbonyl (C=O) groups excluding carboxylic acids is 1. The molecule has 4 aliphatic carbocycles. The third-order valence-corrected chi connectivity index (χ3v) is 10.5. The topological polar surface area (TPSA) is 113 Å². The van der Waals surface area contributed by atoms with Crippen LogP contribution in [0.2, 0.25) is 0 Å². The van der Waals surface area contributed by atoms with Gasteiger partial charge in [0.1, 0.15) is 17.2 Å². The Morgan fingerprint density at radius 1 is 1.02 bits per heavy atom. The molecular formula is C36H48IN3O5. The van der Waals surface area contributed by atoms with Gasteiger partial charge in [-0.25, -0.2) is 0 Å². The molecule has 1 unspecified atom stereocenters. The molecule has 244 valence electrons. The number of amides is 1. The maximum Gasteiger partial charge on any atom is 0.269 e. The van der Waals surface area contributed by atoms with Gasteiger partial charge in [-0.1, -0.05) is 19.9 Å². The zero-order chi connectivity index (χ0) is 32.7. The number of anilines is 1. The Kier molecular flexibility index (Phi) is 9.92. The van der Waals surface area contributed by atoms with Gasteiger partial charge in [0, 0.05) is 9.26 Å². The molecule has 9 heteroatoms. The number of rotatable bonds is 11. The van der Waals surface area contributed by atoms with Crippen LogP contribution >= 0.6 is 22.6 Å². The second-order valence-corrected chi connectivity index (χ2v) is 15.5. The van der Waals surface area contributed by atoms with Crippen molar-refractivity contribution in [3.05, 3.63) is 57.2 Å². The summed E-state index contributed by atoms with van der Waals surface area (Å²) in [5.41, 5.74) is 1.29. The van der Waals surface area contributed by atoms with Crippen molar-refractivity contribution in [2.24, 2.45) is 23.7 Å². The molecule has 2 aromatic carbocycles. The Morgan fingerprint density at radius 2 is 1.60 bits per heavy atom. The van der Waals surface area contributed by atoms with Gasteiger partial charge in [0.15, 0.2) is 6.29 Å². The van der Waals surface area contributed by atoms with Crippen LogP contribution in [-0.2, 0) is 9.53 Å². The Hall–Kier alpha value is -2.63. The third-order valence-electron chi connectivity index (χ3n) is 9.83. The summed E-state index contributed by atoms with van der Waals surface area (Å²) in [5, 5.41) is 27.6. The van der Waals surface area contributed by atoms with Gasteiger partial charge in [-0.3, -0.25) is 10.2 Å². The maximum atomic E-state index is 14.1. The predicted molar refractivity (Wildman–Crippen MR) is 187 cm³/mol. The van der Waals surface area contributed by atoms with Gasteiger partial charge in [0.2, 0.25) is 0 Å². The minimum absolute atomic E-state index is 0.0964. The molecule has 4 bridgehead atoms. The highest BCUT2D eigenvalue weighted by Crippen LogP contribution is 2.59. The molecule has 0 spiro atoms. The molecule has 45 heavy (non-hydrogen) atoms. The number of hydrogen-bond acceptors (Lipinski definition) is 7. The van der Waals surface area contributed by atoms with E-state index in [4.69, 9.17) is 19.6 Å². The van der Waals surface area contributed by atoms with E-state index in [1.807, 2.05) is 51.1 Å². The fourth-order valence-electron chi connectivity index (χ4n) is 8.10. The maximum absolute atomic E-state index is 14.1. The van der Waals surface area contributed by atoms with Crippen LogP contribution in [0.1, 0.15) is 83.8 Å². The molecule has 4 saturated carbocycles. The smallest absolute Gasteiger partial charge is 0.269 e. The van der Waals surface area contributed by atoms with Gasteiger partial charge in [-0.15, -0.1) is 0 Å². The van der Waals surface area contributed by atoms with E-state index in [9.17, 15) is 9.90 Å². The van der Waals surface area contributed by atoms with Crippen molar-refractivity contribution in [1.82, 2.24) is 5.32 Å². The number of hydrogen-bond donors (Lipinski definition) is 4. The first-order valence-corrected chi connectivity index (χ1v) is 17.1. The summed E-state index contributed by atoms with van der Waals surface area (Å²) in [6, 6.07) is 11.7. The fourth-order valence-corrected chi connectivity index (χ4v) is 8.61. The van der Waals surface area contributed by atoms with E-state index in [0.717, 1.165) is 40.5 Å². The molecule has 0 radical (unpaired) electrons. The van der Waals surface area contributed by atoms with E-state index < -0.39 is 23.3 Å².